The first-order valence-electron chi connectivity index (χ1n) is 4.42. The Morgan fingerprint density at radius 2 is 1.77 bits per heavy atom. The molecule has 5 heteroatoms. The molecular formula is C8H15NO3S. The van der Waals surface area contributed by atoms with Gasteiger partial charge in [-0.3, -0.25) is 4.79 Å². The minimum absolute atomic E-state index is 0.176. The van der Waals surface area contributed by atoms with Crippen molar-refractivity contribution in [3.05, 3.63) is 0 Å². The lowest BCUT2D eigenvalue weighted by Crippen LogP contribution is -2.36. The van der Waals surface area contributed by atoms with Crippen LogP contribution in [0.5, 0.6) is 0 Å². The van der Waals surface area contributed by atoms with Crippen LogP contribution in [0.3, 0.4) is 0 Å². The summed E-state index contributed by atoms with van der Waals surface area (Å²) < 4.78 is 22.3. The van der Waals surface area contributed by atoms with Gasteiger partial charge in [0.05, 0.1) is 5.25 Å². The number of carbonyl (C=O) groups excluding carboxylic acids is 1. The molecule has 1 N–H and O–H groups in total. The van der Waals surface area contributed by atoms with Gasteiger partial charge in [-0.05, 0) is 25.7 Å². The second-order valence-corrected chi connectivity index (χ2v) is 5.91. The number of sulfone groups is 1. The largest absolute Gasteiger partial charge is 0.356 e. The zero-order valence-electron chi connectivity index (χ0n) is 7.69. The standard InChI is InChI=1S/C8H15NO3S/c1-13(11,12)8-4-2-7(3-5-8)9-6-10/h6-8H,2-5H2,1H3,(H,9,10)/t7-,8+. The maximum Gasteiger partial charge on any atom is 0.207 e. The Morgan fingerprint density at radius 1 is 1.23 bits per heavy atom. The van der Waals surface area contributed by atoms with Gasteiger partial charge in [0, 0.05) is 12.3 Å². The number of hydrogen-bond donors (Lipinski definition) is 1. The second-order valence-electron chi connectivity index (χ2n) is 3.59. The van der Waals surface area contributed by atoms with E-state index in [1.165, 1.54) is 6.26 Å². The van der Waals surface area contributed by atoms with Gasteiger partial charge in [-0.2, -0.15) is 0 Å². The van der Waals surface area contributed by atoms with Gasteiger partial charge >= 0.3 is 0 Å². The van der Waals surface area contributed by atoms with Crippen molar-refractivity contribution in [3.8, 4) is 0 Å². The van der Waals surface area contributed by atoms with Crippen LogP contribution in [0.25, 0.3) is 0 Å². The van der Waals surface area contributed by atoms with E-state index in [9.17, 15) is 13.2 Å². The van der Waals surface area contributed by atoms with Crippen LogP contribution in [-0.4, -0.2) is 32.4 Å². The summed E-state index contributed by atoms with van der Waals surface area (Å²) in [5.74, 6) is 0. The van der Waals surface area contributed by atoms with Crippen LogP contribution in [0.2, 0.25) is 0 Å². The summed E-state index contributed by atoms with van der Waals surface area (Å²) in [5, 5.41) is 2.48. The molecule has 1 aliphatic carbocycles. The van der Waals surface area contributed by atoms with Crippen LogP contribution in [-0.2, 0) is 14.6 Å². The molecule has 1 fully saturated rings. The van der Waals surface area contributed by atoms with E-state index in [1.54, 1.807) is 0 Å². The molecule has 0 spiro atoms. The monoisotopic (exact) mass is 205 g/mol. The molecule has 0 heterocycles. The lowest BCUT2D eigenvalue weighted by molar-refractivity contribution is -0.110. The maximum atomic E-state index is 11.2. The highest BCUT2D eigenvalue weighted by atomic mass is 32.2. The summed E-state index contributed by atoms with van der Waals surface area (Å²) >= 11 is 0. The fourth-order valence-corrected chi connectivity index (χ4v) is 2.88. The van der Waals surface area contributed by atoms with Gasteiger partial charge in [-0.25, -0.2) is 8.42 Å². The van der Waals surface area contributed by atoms with Crippen LogP contribution in [0.15, 0.2) is 0 Å². The normalized spacial score (nSPS) is 29.6. The molecule has 1 aliphatic rings. The van der Waals surface area contributed by atoms with E-state index in [0.717, 1.165) is 12.8 Å². The average Bonchev–Trinajstić information content (AvgIpc) is 2.04. The maximum absolute atomic E-state index is 11.2. The molecule has 0 radical (unpaired) electrons. The summed E-state index contributed by atoms with van der Waals surface area (Å²) in [6.07, 6.45) is 4.86. The molecule has 0 bridgehead atoms. The fourth-order valence-electron chi connectivity index (χ4n) is 1.75. The number of carbonyl (C=O) groups is 1. The predicted octanol–water partition coefficient (Wildman–Crippen LogP) is 0.0882. The molecule has 1 saturated carbocycles. The molecule has 0 aliphatic heterocycles. The molecule has 0 aromatic carbocycles. The van der Waals surface area contributed by atoms with Crippen molar-refractivity contribution in [2.45, 2.75) is 37.0 Å². The highest BCUT2D eigenvalue weighted by Crippen LogP contribution is 2.23. The van der Waals surface area contributed by atoms with Crippen LogP contribution in [0.1, 0.15) is 25.7 Å². The number of nitrogens with one attached hydrogen (secondary N) is 1. The smallest absolute Gasteiger partial charge is 0.207 e. The third kappa shape index (κ3) is 2.99. The van der Waals surface area contributed by atoms with Crippen molar-refractivity contribution in [3.63, 3.8) is 0 Å². The topological polar surface area (TPSA) is 63.2 Å². The average molecular weight is 205 g/mol. The Balaban J connectivity index is 2.43. The van der Waals surface area contributed by atoms with E-state index in [1.807, 2.05) is 0 Å². The summed E-state index contributed by atoms with van der Waals surface area (Å²) in [7, 11) is -2.88. The Kier molecular flexibility index (Phi) is 3.30. The molecule has 76 valence electrons. The zero-order chi connectivity index (χ0) is 9.90. The van der Waals surface area contributed by atoms with Crippen LogP contribution in [0, 0.1) is 0 Å². The lowest BCUT2D eigenvalue weighted by Gasteiger charge is -2.26. The first-order chi connectivity index (χ1) is 6.04. The van der Waals surface area contributed by atoms with Crippen molar-refractivity contribution < 1.29 is 13.2 Å². The number of rotatable bonds is 3. The molecule has 0 aromatic rings. The van der Waals surface area contributed by atoms with E-state index < -0.39 is 9.84 Å². The number of hydrogen-bond acceptors (Lipinski definition) is 3. The van der Waals surface area contributed by atoms with Gasteiger partial charge in [0.2, 0.25) is 6.41 Å². The summed E-state index contributed by atoms with van der Waals surface area (Å²) in [4.78, 5) is 10.1. The molecule has 1 amide bonds. The van der Waals surface area contributed by atoms with Gasteiger partial charge in [0.25, 0.3) is 0 Å². The highest BCUT2D eigenvalue weighted by Gasteiger charge is 2.27. The Morgan fingerprint density at radius 3 is 2.15 bits per heavy atom. The van der Waals surface area contributed by atoms with Crippen molar-refractivity contribution in [1.82, 2.24) is 5.32 Å². The molecular weight excluding hydrogens is 190 g/mol. The second kappa shape index (κ2) is 4.09. The minimum atomic E-state index is -2.88. The molecule has 0 saturated heterocycles. The van der Waals surface area contributed by atoms with E-state index in [-0.39, 0.29) is 11.3 Å². The Labute approximate surface area is 78.6 Å². The third-order valence-corrected chi connectivity index (χ3v) is 4.27. The molecule has 13 heavy (non-hydrogen) atoms. The first kappa shape index (κ1) is 10.5. The Bertz CT molecular complexity index is 265. The summed E-state index contributed by atoms with van der Waals surface area (Å²) in [6.45, 7) is 0. The van der Waals surface area contributed by atoms with Crippen LogP contribution < -0.4 is 5.32 Å². The minimum Gasteiger partial charge on any atom is -0.356 e. The van der Waals surface area contributed by atoms with E-state index in [4.69, 9.17) is 0 Å². The lowest BCUT2D eigenvalue weighted by atomic mass is 9.95. The molecule has 4 nitrogen and oxygen atoms in total. The fraction of sp³-hybridized carbons (Fsp3) is 0.875. The van der Waals surface area contributed by atoms with E-state index in [0.29, 0.717) is 19.3 Å². The van der Waals surface area contributed by atoms with Crippen molar-refractivity contribution in [1.29, 1.82) is 0 Å². The zero-order valence-corrected chi connectivity index (χ0v) is 8.51. The molecule has 0 atom stereocenters. The van der Waals surface area contributed by atoms with Crippen molar-refractivity contribution in [2.24, 2.45) is 0 Å². The van der Waals surface area contributed by atoms with E-state index in [2.05, 4.69) is 5.32 Å². The van der Waals surface area contributed by atoms with E-state index >= 15 is 0 Å². The van der Waals surface area contributed by atoms with Crippen molar-refractivity contribution in [2.75, 3.05) is 6.26 Å². The molecule has 0 unspecified atom stereocenters. The van der Waals surface area contributed by atoms with Crippen LogP contribution in [0.4, 0.5) is 0 Å². The van der Waals surface area contributed by atoms with Crippen molar-refractivity contribution >= 4 is 16.2 Å². The highest BCUT2D eigenvalue weighted by molar-refractivity contribution is 7.91. The summed E-state index contributed by atoms with van der Waals surface area (Å²) in [6, 6.07) is 0.176. The Hall–Kier alpha value is -0.580. The van der Waals surface area contributed by atoms with Gasteiger partial charge in [-0.1, -0.05) is 0 Å². The van der Waals surface area contributed by atoms with Gasteiger partial charge in [0.1, 0.15) is 9.84 Å². The van der Waals surface area contributed by atoms with Crippen LogP contribution >= 0.6 is 0 Å². The first-order valence-corrected chi connectivity index (χ1v) is 6.38. The van der Waals surface area contributed by atoms with Gasteiger partial charge < -0.3 is 5.32 Å². The van der Waals surface area contributed by atoms with Gasteiger partial charge in [-0.15, -0.1) is 0 Å². The molecule has 1 rings (SSSR count). The molecule has 0 aromatic heterocycles. The SMILES string of the molecule is CS(=O)(=O)[C@H]1CC[C@@H](NC=O)CC1. The predicted molar refractivity (Wildman–Crippen MR) is 50.1 cm³/mol. The van der Waals surface area contributed by atoms with Gasteiger partial charge in [0.15, 0.2) is 0 Å². The summed E-state index contributed by atoms with van der Waals surface area (Å²) in [5.41, 5.74) is 0. The third-order valence-electron chi connectivity index (χ3n) is 2.58. The number of amides is 1. The quantitative estimate of drug-likeness (QED) is 0.664.